The van der Waals surface area contributed by atoms with Crippen LogP contribution in [0.5, 0.6) is 0 Å². The molecule has 23 heavy (non-hydrogen) atoms. The maximum Gasteiger partial charge on any atom is 0.148 e. The van der Waals surface area contributed by atoms with Gasteiger partial charge in [-0.15, -0.1) is 0 Å². The largest absolute Gasteiger partial charge is 0.494 e. The molecule has 1 aliphatic carbocycles. The number of aldehydes is 1. The standard InChI is InChI=1S/C19H29NO3/c1-13(2)14(3)7-8-17(23-6)18(20-22)16-9-10-19(4,5)11-15(16)12-21/h7-8,12-13,22H,9-11H2,1-6H3/b14-7+,17-8+,20-18+. The number of ether oxygens (including phenoxy) is 1. The average Bonchev–Trinajstić information content (AvgIpc) is 2.50. The number of carbonyl (C=O) groups is 1. The van der Waals surface area contributed by atoms with Crippen molar-refractivity contribution in [2.75, 3.05) is 7.11 Å². The molecule has 1 aliphatic rings. The first-order chi connectivity index (χ1) is 10.8. The Hall–Kier alpha value is -1.84. The molecule has 0 aliphatic heterocycles. The third-order valence-electron chi connectivity index (χ3n) is 4.50. The van der Waals surface area contributed by atoms with Crippen molar-refractivity contribution in [2.24, 2.45) is 16.5 Å². The maximum atomic E-state index is 11.5. The number of rotatable bonds is 6. The van der Waals surface area contributed by atoms with Gasteiger partial charge in [-0.1, -0.05) is 44.5 Å². The number of hydrogen-bond acceptors (Lipinski definition) is 4. The van der Waals surface area contributed by atoms with Crippen molar-refractivity contribution >= 4 is 12.0 Å². The number of oxime groups is 1. The van der Waals surface area contributed by atoms with Gasteiger partial charge in [0.2, 0.25) is 0 Å². The zero-order chi connectivity index (χ0) is 17.6. The lowest BCUT2D eigenvalue weighted by atomic mass is 9.73. The quantitative estimate of drug-likeness (QED) is 0.193. The number of allylic oxidation sites excluding steroid dienone is 5. The molecule has 0 radical (unpaired) electrons. The molecule has 4 heteroatoms. The lowest BCUT2D eigenvalue weighted by Gasteiger charge is -2.31. The minimum absolute atomic E-state index is 0.0887. The molecule has 128 valence electrons. The molecule has 0 aromatic carbocycles. The van der Waals surface area contributed by atoms with Gasteiger partial charge in [-0.3, -0.25) is 4.79 Å². The highest BCUT2D eigenvalue weighted by atomic mass is 16.5. The van der Waals surface area contributed by atoms with Crippen LogP contribution in [0, 0.1) is 11.3 Å². The van der Waals surface area contributed by atoms with Gasteiger partial charge in [0.15, 0.2) is 0 Å². The molecule has 4 nitrogen and oxygen atoms in total. The molecule has 0 unspecified atom stereocenters. The van der Waals surface area contributed by atoms with E-state index < -0.39 is 0 Å². The Morgan fingerprint density at radius 1 is 1.35 bits per heavy atom. The van der Waals surface area contributed by atoms with Gasteiger partial charge in [0.05, 0.1) is 7.11 Å². The molecule has 0 aromatic heterocycles. The summed E-state index contributed by atoms with van der Waals surface area (Å²) in [6.07, 6.45) is 6.97. The third kappa shape index (κ3) is 5.08. The van der Waals surface area contributed by atoms with Crippen LogP contribution in [0.15, 0.2) is 39.8 Å². The minimum atomic E-state index is 0.0887. The Morgan fingerprint density at radius 2 is 2.00 bits per heavy atom. The lowest BCUT2D eigenvalue weighted by molar-refractivity contribution is -0.105. The SMILES string of the molecule is COC(=C/C=C(\C)C(C)C)/C(=N/O)C1=C(C=O)CC(C)(C)CC1. The highest BCUT2D eigenvalue weighted by Crippen LogP contribution is 2.39. The van der Waals surface area contributed by atoms with E-state index in [1.54, 1.807) is 13.2 Å². The second kappa shape index (κ2) is 8.14. The fraction of sp³-hybridized carbons (Fsp3) is 0.579. The molecule has 0 spiro atoms. The van der Waals surface area contributed by atoms with E-state index in [1.807, 2.05) is 13.0 Å². The molecule has 0 amide bonds. The first-order valence-corrected chi connectivity index (χ1v) is 8.08. The van der Waals surface area contributed by atoms with Gasteiger partial charge < -0.3 is 9.94 Å². The van der Waals surface area contributed by atoms with Crippen molar-refractivity contribution in [3.05, 3.63) is 34.6 Å². The van der Waals surface area contributed by atoms with Crippen molar-refractivity contribution < 1.29 is 14.7 Å². The summed E-state index contributed by atoms with van der Waals surface area (Å²) < 4.78 is 5.41. The van der Waals surface area contributed by atoms with Crippen LogP contribution >= 0.6 is 0 Å². The van der Waals surface area contributed by atoms with Crippen LogP contribution in [0.3, 0.4) is 0 Å². The summed E-state index contributed by atoms with van der Waals surface area (Å²) in [5, 5.41) is 12.9. The Bertz CT molecular complexity index is 563. The number of methoxy groups -OCH3 is 1. The summed E-state index contributed by atoms with van der Waals surface area (Å²) in [5.74, 6) is 0.903. The van der Waals surface area contributed by atoms with Gasteiger partial charge in [-0.25, -0.2) is 0 Å². The summed E-state index contributed by atoms with van der Waals surface area (Å²) in [6, 6.07) is 0. The molecule has 1 N–H and O–H groups in total. The van der Waals surface area contributed by atoms with Gasteiger partial charge in [-0.2, -0.15) is 0 Å². The van der Waals surface area contributed by atoms with Crippen LogP contribution in [0.25, 0.3) is 0 Å². The van der Waals surface area contributed by atoms with Gasteiger partial charge in [-0.05, 0) is 54.7 Å². The Balaban J connectivity index is 3.25. The summed E-state index contributed by atoms with van der Waals surface area (Å²) in [4.78, 5) is 11.5. The van der Waals surface area contributed by atoms with E-state index in [1.165, 1.54) is 5.57 Å². The highest BCUT2D eigenvalue weighted by Gasteiger charge is 2.30. The topological polar surface area (TPSA) is 58.9 Å². The zero-order valence-electron chi connectivity index (χ0n) is 15.1. The van der Waals surface area contributed by atoms with E-state index in [4.69, 9.17) is 4.74 Å². The zero-order valence-corrected chi connectivity index (χ0v) is 15.1. The summed E-state index contributed by atoms with van der Waals surface area (Å²) >= 11 is 0. The first-order valence-electron chi connectivity index (χ1n) is 8.08. The highest BCUT2D eigenvalue weighted by molar-refractivity contribution is 6.13. The van der Waals surface area contributed by atoms with Crippen LogP contribution in [0.1, 0.15) is 53.9 Å². The smallest absolute Gasteiger partial charge is 0.148 e. The van der Waals surface area contributed by atoms with Crippen LogP contribution in [0.2, 0.25) is 0 Å². The molecule has 1 rings (SSSR count). The molecule has 0 atom stereocenters. The second-order valence-electron chi connectivity index (χ2n) is 7.21. The molecule has 0 aromatic rings. The predicted octanol–water partition coefficient (Wildman–Crippen LogP) is 4.65. The van der Waals surface area contributed by atoms with Gasteiger partial charge >= 0.3 is 0 Å². The average molecular weight is 319 g/mol. The van der Waals surface area contributed by atoms with Gasteiger partial charge in [0, 0.05) is 0 Å². The van der Waals surface area contributed by atoms with Crippen molar-refractivity contribution in [1.29, 1.82) is 0 Å². The van der Waals surface area contributed by atoms with Crippen molar-refractivity contribution in [2.45, 2.75) is 53.9 Å². The number of nitrogens with zero attached hydrogens (tertiary/aromatic N) is 1. The van der Waals surface area contributed by atoms with Crippen molar-refractivity contribution in [3.8, 4) is 0 Å². The fourth-order valence-corrected chi connectivity index (χ4v) is 2.62. The van der Waals surface area contributed by atoms with E-state index in [0.29, 0.717) is 35.8 Å². The fourth-order valence-electron chi connectivity index (χ4n) is 2.62. The van der Waals surface area contributed by atoms with E-state index in [9.17, 15) is 10.0 Å². The molecular formula is C19H29NO3. The van der Waals surface area contributed by atoms with Gasteiger partial charge in [0.25, 0.3) is 0 Å². The molecule has 0 heterocycles. The third-order valence-corrected chi connectivity index (χ3v) is 4.50. The van der Waals surface area contributed by atoms with Crippen LogP contribution in [-0.4, -0.2) is 24.3 Å². The Kier molecular flexibility index (Phi) is 6.79. The van der Waals surface area contributed by atoms with Crippen molar-refractivity contribution in [3.63, 3.8) is 0 Å². The minimum Gasteiger partial charge on any atom is -0.494 e. The second-order valence-corrected chi connectivity index (χ2v) is 7.21. The molecular weight excluding hydrogens is 290 g/mol. The van der Waals surface area contributed by atoms with E-state index in [0.717, 1.165) is 18.3 Å². The normalized spacial score (nSPS) is 20.0. The van der Waals surface area contributed by atoms with Crippen LogP contribution in [-0.2, 0) is 9.53 Å². The molecule has 0 saturated heterocycles. The molecule has 0 bridgehead atoms. The summed E-state index contributed by atoms with van der Waals surface area (Å²) in [7, 11) is 1.55. The van der Waals surface area contributed by atoms with Crippen LogP contribution < -0.4 is 0 Å². The first kappa shape index (κ1) is 19.2. The molecule has 0 saturated carbocycles. The Labute approximate surface area is 139 Å². The number of carbonyl (C=O) groups excluding carboxylic acids is 1. The van der Waals surface area contributed by atoms with Crippen LogP contribution in [0.4, 0.5) is 0 Å². The Morgan fingerprint density at radius 3 is 2.48 bits per heavy atom. The lowest BCUT2D eigenvalue weighted by Crippen LogP contribution is -2.23. The van der Waals surface area contributed by atoms with E-state index in [-0.39, 0.29) is 5.41 Å². The number of hydrogen-bond donors (Lipinski definition) is 1. The van der Waals surface area contributed by atoms with Gasteiger partial charge in [0.1, 0.15) is 17.8 Å². The predicted molar refractivity (Wildman–Crippen MR) is 93.6 cm³/mol. The van der Waals surface area contributed by atoms with E-state index >= 15 is 0 Å². The summed E-state index contributed by atoms with van der Waals surface area (Å²) in [5.41, 5.74) is 3.13. The molecule has 0 fully saturated rings. The monoisotopic (exact) mass is 319 g/mol. The maximum absolute atomic E-state index is 11.5. The van der Waals surface area contributed by atoms with E-state index in [2.05, 4.69) is 32.9 Å². The summed E-state index contributed by atoms with van der Waals surface area (Å²) in [6.45, 7) is 10.6. The van der Waals surface area contributed by atoms with Crippen molar-refractivity contribution in [1.82, 2.24) is 0 Å².